The quantitative estimate of drug-likeness (QED) is 0.847. The van der Waals surface area contributed by atoms with Crippen LogP contribution in [0.5, 0.6) is 0 Å². The molecule has 0 atom stereocenters. The third-order valence-electron chi connectivity index (χ3n) is 2.46. The fourth-order valence-corrected chi connectivity index (χ4v) is 1.67. The van der Waals surface area contributed by atoms with E-state index in [0.717, 1.165) is 38.2 Å². The van der Waals surface area contributed by atoms with Crippen LogP contribution in [0, 0.1) is 0 Å². The highest BCUT2D eigenvalue weighted by Gasteiger charge is 2.31. The number of pyridine rings is 1. The summed E-state index contributed by atoms with van der Waals surface area (Å²) >= 11 is 0. The van der Waals surface area contributed by atoms with Gasteiger partial charge in [0.25, 0.3) is 0 Å². The summed E-state index contributed by atoms with van der Waals surface area (Å²) in [6, 6.07) is 1.07. The molecule has 88 valence electrons. The van der Waals surface area contributed by atoms with Gasteiger partial charge in [-0.25, -0.2) is 5.01 Å². The molecular weight excluding hydrogens is 219 g/mol. The molecule has 6 heteroatoms. The van der Waals surface area contributed by atoms with Crippen molar-refractivity contribution in [1.82, 2.24) is 9.99 Å². The van der Waals surface area contributed by atoms with Gasteiger partial charge in [0.15, 0.2) is 0 Å². The molecule has 0 spiro atoms. The van der Waals surface area contributed by atoms with Gasteiger partial charge in [0, 0.05) is 19.3 Å². The summed E-state index contributed by atoms with van der Waals surface area (Å²) in [5, 5.41) is 1.90. The van der Waals surface area contributed by atoms with Gasteiger partial charge in [-0.15, -0.1) is 0 Å². The molecule has 0 amide bonds. The van der Waals surface area contributed by atoms with Crippen LogP contribution < -0.4 is 5.43 Å². The molecule has 0 radical (unpaired) electrons. The first kappa shape index (κ1) is 11.2. The van der Waals surface area contributed by atoms with Crippen LogP contribution in [-0.2, 0) is 6.18 Å². The number of hydrogen-bond donors (Lipinski definition) is 1. The Bertz CT molecular complexity index is 359. The molecule has 3 nitrogen and oxygen atoms in total. The second-order valence-corrected chi connectivity index (χ2v) is 3.77. The molecule has 1 aliphatic heterocycles. The van der Waals surface area contributed by atoms with Crippen molar-refractivity contribution >= 4 is 5.69 Å². The van der Waals surface area contributed by atoms with Gasteiger partial charge in [0.2, 0.25) is 0 Å². The average molecular weight is 231 g/mol. The van der Waals surface area contributed by atoms with E-state index in [1.165, 1.54) is 6.20 Å². The normalized spacial score (nSPS) is 17.7. The Labute approximate surface area is 91.2 Å². The van der Waals surface area contributed by atoms with Crippen LogP contribution in [0.4, 0.5) is 18.9 Å². The van der Waals surface area contributed by atoms with Gasteiger partial charge in [-0.05, 0) is 18.9 Å². The highest BCUT2D eigenvalue weighted by molar-refractivity contribution is 5.42. The van der Waals surface area contributed by atoms with Gasteiger partial charge in [-0.1, -0.05) is 0 Å². The molecule has 2 rings (SSSR count). The molecule has 0 unspecified atom stereocenters. The number of nitrogens with zero attached hydrogens (tertiary/aromatic N) is 2. The third kappa shape index (κ3) is 2.63. The highest BCUT2D eigenvalue weighted by Crippen LogP contribution is 2.30. The fourth-order valence-electron chi connectivity index (χ4n) is 1.67. The van der Waals surface area contributed by atoms with Crippen molar-refractivity contribution in [3.05, 3.63) is 24.0 Å². The second-order valence-electron chi connectivity index (χ2n) is 3.77. The van der Waals surface area contributed by atoms with E-state index in [1.807, 2.05) is 5.01 Å². The lowest BCUT2D eigenvalue weighted by atomic mass is 10.2. The summed E-state index contributed by atoms with van der Waals surface area (Å²) in [5.41, 5.74) is 2.58. The average Bonchev–Trinajstić information content (AvgIpc) is 2.70. The summed E-state index contributed by atoms with van der Waals surface area (Å²) in [6.07, 6.45) is 0.0250. The van der Waals surface area contributed by atoms with E-state index in [2.05, 4.69) is 10.4 Å². The molecule has 1 saturated heterocycles. The van der Waals surface area contributed by atoms with Crippen LogP contribution in [0.1, 0.15) is 18.4 Å². The Hall–Kier alpha value is -1.30. The Balaban J connectivity index is 2.09. The zero-order chi connectivity index (χ0) is 11.6. The number of alkyl halides is 3. The molecule has 1 N–H and O–H groups in total. The Kier molecular flexibility index (Phi) is 3.00. The zero-order valence-electron chi connectivity index (χ0n) is 8.59. The predicted molar refractivity (Wildman–Crippen MR) is 53.7 cm³/mol. The van der Waals surface area contributed by atoms with Crippen LogP contribution in [0.3, 0.4) is 0 Å². The lowest BCUT2D eigenvalue weighted by Crippen LogP contribution is -2.26. The lowest BCUT2D eigenvalue weighted by Gasteiger charge is -2.18. The Morgan fingerprint density at radius 1 is 1.19 bits per heavy atom. The zero-order valence-corrected chi connectivity index (χ0v) is 8.59. The first-order chi connectivity index (χ1) is 7.55. The van der Waals surface area contributed by atoms with Crippen molar-refractivity contribution in [1.29, 1.82) is 0 Å². The minimum Gasteiger partial charge on any atom is -0.317 e. The largest absolute Gasteiger partial charge is 0.417 e. The second kappa shape index (κ2) is 4.29. The highest BCUT2D eigenvalue weighted by atomic mass is 19.4. The molecule has 0 aliphatic carbocycles. The number of anilines is 1. The molecule has 0 aromatic carbocycles. The van der Waals surface area contributed by atoms with E-state index in [-0.39, 0.29) is 0 Å². The predicted octanol–water partition coefficient (Wildman–Crippen LogP) is 2.52. The Morgan fingerprint density at radius 3 is 2.50 bits per heavy atom. The molecule has 0 bridgehead atoms. The van der Waals surface area contributed by atoms with Crippen molar-refractivity contribution in [3.8, 4) is 0 Å². The van der Waals surface area contributed by atoms with Crippen LogP contribution in [0.15, 0.2) is 18.5 Å². The van der Waals surface area contributed by atoms with Gasteiger partial charge < -0.3 is 5.43 Å². The number of nitrogens with one attached hydrogen (secondary N) is 1. The summed E-state index contributed by atoms with van der Waals surface area (Å²) in [6.45, 7) is 1.71. The van der Waals surface area contributed by atoms with E-state index in [4.69, 9.17) is 0 Å². The van der Waals surface area contributed by atoms with E-state index in [0.29, 0.717) is 5.69 Å². The first-order valence-electron chi connectivity index (χ1n) is 5.09. The van der Waals surface area contributed by atoms with Crippen LogP contribution >= 0.6 is 0 Å². The van der Waals surface area contributed by atoms with Gasteiger partial charge in [-0.3, -0.25) is 4.98 Å². The minimum absolute atomic E-state index is 0.386. The van der Waals surface area contributed by atoms with Crippen LogP contribution in [0.25, 0.3) is 0 Å². The van der Waals surface area contributed by atoms with Gasteiger partial charge in [-0.2, -0.15) is 13.2 Å². The van der Waals surface area contributed by atoms with E-state index in [1.54, 1.807) is 0 Å². The first-order valence-corrected chi connectivity index (χ1v) is 5.09. The summed E-state index contributed by atoms with van der Waals surface area (Å²) in [7, 11) is 0. The standard InChI is InChI=1S/C10H12F3N3/c11-10(12,13)8-5-9(7-14-6-8)15-16-3-1-2-4-16/h5-7,15H,1-4H2. The maximum absolute atomic E-state index is 12.4. The number of aromatic nitrogens is 1. The van der Waals surface area contributed by atoms with Crippen molar-refractivity contribution in [3.63, 3.8) is 0 Å². The molecule has 2 heterocycles. The smallest absolute Gasteiger partial charge is 0.317 e. The van der Waals surface area contributed by atoms with Crippen molar-refractivity contribution in [2.24, 2.45) is 0 Å². The number of hydrogen-bond acceptors (Lipinski definition) is 3. The van der Waals surface area contributed by atoms with Gasteiger partial charge in [0.05, 0.1) is 17.4 Å². The van der Waals surface area contributed by atoms with E-state index >= 15 is 0 Å². The maximum Gasteiger partial charge on any atom is 0.417 e. The van der Waals surface area contributed by atoms with Crippen molar-refractivity contribution in [2.45, 2.75) is 19.0 Å². The summed E-state index contributed by atoms with van der Waals surface area (Å²) < 4.78 is 37.2. The number of halogens is 3. The number of hydrazine groups is 1. The molecule has 1 aliphatic rings. The topological polar surface area (TPSA) is 28.2 Å². The maximum atomic E-state index is 12.4. The molecule has 1 fully saturated rings. The lowest BCUT2D eigenvalue weighted by molar-refractivity contribution is -0.137. The van der Waals surface area contributed by atoms with Crippen molar-refractivity contribution in [2.75, 3.05) is 18.5 Å². The summed E-state index contributed by atoms with van der Waals surface area (Å²) in [4.78, 5) is 3.58. The SMILES string of the molecule is FC(F)(F)c1cncc(NN2CCCC2)c1. The minimum atomic E-state index is -4.34. The van der Waals surface area contributed by atoms with Crippen LogP contribution in [-0.4, -0.2) is 23.1 Å². The molecule has 1 aromatic rings. The third-order valence-corrected chi connectivity index (χ3v) is 2.46. The molecule has 0 saturated carbocycles. The summed E-state index contributed by atoms with van der Waals surface area (Å²) in [5.74, 6) is 0. The van der Waals surface area contributed by atoms with Crippen LogP contribution in [0.2, 0.25) is 0 Å². The fraction of sp³-hybridized carbons (Fsp3) is 0.500. The molecular formula is C10H12F3N3. The van der Waals surface area contributed by atoms with E-state index < -0.39 is 11.7 Å². The van der Waals surface area contributed by atoms with Gasteiger partial charge >= 0.3 is 6.18 Å². The molecule has 1 aromatic heterocycles. The van der Waals surface area contributed by atoms with E-state index in [9.17, 15) is 13.2 Å². The number of rotatable bonds is 2. The van der Waals surface area contributed by atoms with Crippen molar-refractivity contribution < 1.29 is 13.2 Å². The Morgan fingerprint density at radius 2 is 1.88 bits per heavy atom. The monoisotopic (exact) mass is 231 g/mol. The van der Waals surface area contributed by atoms with Gasteiger partial charge in [0.1, 0.15) is 0 Å². The molecule has 16 heavy (non-hydrogen) atoms.